The third kappa shape index (κ3) is 4.86. The van der Waals surface area contributed by atoms with Gasteiger partial charge in [0, 0.05) is 13.1 Å². The number of carbonyl (C=O) groups is 2. The summed E-state index contributed by atoms with van der Waals surface area (Å²) in [6.07, 6.45) is -0.369. The van der Waals surface area contributed by atoms with Gasteiger partial charge in [-0.05, 0) is 33.3 Å². The molecule has 0 aromatic carbocycles. The highest BCUT2D eigenvalue weighted by atomic mass is 35.5. The number of halogens is 2. The normalized spacial score (nSPS) is 19.5. The molecule has 0 radical (unpaired) electrons. The van der Waals surface area contributed by atoms with Gasteiger partial charge in [0.15, 0.2) is 5.82 Å². The van der Waals surface area contributed by atoms with Gasteiger partial charge < -0.3 is 19.7 Å². The number of alkyl halides is 1. The zero-order chi connectivity index (χ0) is 22.1. The second-order valence-corrected chi connectivity index (χ2v) is 8.27. The number of aromatic nitrogens is 3. The fourth-order valence-electron chi connectivity index (χ4n) is 3.11. The molecule has 3 rings (SSSR count). The van der Waals surface area contributed by atoms with Gasteiger partial charge in [-0.3, -0.25) is 0 Å². The van der Waals surface area contributed by atoms with Crippen LogP contribution in [-0.4, -0.2) is 69.9 Å². The van der Waals surface area contributed by atoms with Gasteiger partial charge in [-0.15, -0.1) is 0 Å². The maximum atomic E-state index is 14.6. The summed E-state index contributed by atoms with van der Waals surface area (Å²) >= 11 is 6.05. The van der Waals surface area contributed by atoms with Crippen LogP contribution in [0, 0.1) is 0 Å². The smallest absolute Gasteiger partial charge is 0.410 e. The average Bonchev–Trinajstić information content (AvgIpc) is 2.67. The van der Waals surface area contributed by atoms with Crippen LogP contribution in [0.2, 0.25) is 5.15 Å². The number of piperidine rings is 1. The largest absolute Gasteiger partial charge is 0.465 e. The van der Waals surface area contributed by atoms with Crippen LogP contribution >= 0.6 is 11.6 Å². The zero-order valence-electron chi connectivity index (χ0n) is 17.1. The molecule has 0 saturated carbocycles. The van der Waals surface area contributed by atoms with Crippen molar-refractivity contribution in [1.29, 1.82) is 0 Å². The lowest BCUT2D eigenvalue weighted by atomic mass is 10.0. The highest BCUT2D eigenvalue weighted by Gasteiger charge is 2.34. The molecule has 1 N–H and O–H groups in total. The first kappa shape index (κ1) is 21.9. The Balaban J connectivity index is 1.88. The third-order valence-electron chi connectivity index (χ3n) is 4.47. The number of methoxy groups -OCH3 is 1. The van der Waals surface area contributed by atoms with Crippen molar-refractivity contribution < 1.29 is 23.5 Å². The van der Waals surface area contributed by atoms with E-state index in [9.17, 15) is 14.0 Å². The average molecular weight is 440 g/mol. The number of anilines is 1. The lowest BCUT2D eigenvalue weighted by Crippen LogP contribution is -2.52. The third-order valence-corrected chi connectivity index (χ3v) is 4.66. The highest BCUT2D eigenvalue weighted by Crippen LogP contribution is 2.27. The first-order valence-corrected chi connectivity index (χ1v) is 9.75. The Labute approximate surface area is 177 Å². The standard InChI is InChI=1S/C19H23ClFN5O4/c1-19(2,3)30-18(28)26-6-5-11(21)12(8-26)24-16-15-14(22-9-23-16)10(17(27)29-4)7-13(20)25-15/h7,9,11-12H,5-6,8H2,1-4H3,(H,22,23,24)/t11-,12-/m1/s1. The molecule has 2 aromatic heterocycles. The number of hydrogen-bond acceptors (Lipinski definition) is 8. The van der Waals surface area contributed by atoms with E-state index in [2.05, 4.69) is 20.3 Å². The van der Waals surface area contributed by atoms with Crippen LogP contribution in [0.5, 0.6) is 0 Å². The van der Waals surface area contributed by atoms with E-state index in [1.807, 2.05) is 0 Å². The van der Waals surface area contributed by atoms with Crippen LogP contribution in [0.25, 0.3) is 11.0 Å². The fourth-order valence-corrected chi connectivity index (χ4v) is 3.30. The highest BCUT2D eigenvalue weighted by molar-refractivity contribution is 6.30. The monoisotopic (exact) mass is 439 g/mol. The second-order valence-electron chi connectivity index (χ2n) is 7.89. The lowest BCUT2D eigenvalue weighted by Gasteiger charge is -2.36. The number of nitrogens with one attached hydrogen (secondary N) is 1. The number of rotatable bonds is 3. The van der Waals surface area contributed by atoms with Crippen molar-refractivity contribution in [3.05, 3.63) is 23.1 Å². The van der Waals surface area contributed by atoms with E-state index in [0.29, 0.717) is 0 Å². The van der Waals surface area contributed by atoms with Crippen LogP contribution in [0.15, 0.2) is 12.4 Å². The fraction of sp³-hybridized carbons (Fsp3) is 0.526. The molecule has 0 unspecified atom stereocenters. The van der Waals surface area contributed by atoms with Crippen LogP contribution in [-0.2, 0) is 9.47 Å². The number of amides is 1. The number of pyridine rings is 1. The Bertz CT molecular complexity index is 968. The van der Waals surface area contributed by atoms with E-state index < -0.39 is 29.9 Å². The summed E-state index contributed by atoms with van der Waals surface area (Å²) in [5, 5.41) is 3.02. The van der Waals surface area contributed by atoms with E-state index in [-0.39, 0.29) is 47.1 Å². The molecule has 1 fully saturated rings. The van der Waals surface area contributed by atoms with Gasteiger partial charge in [-0.1, -0.05) is 11.6 Å². The first-order chi connectivity index (χ1) is 14.1. The van der Waals surface area contributed by atoms with Gasteiger partial charge in [0.05, 0.1) is 18.7 Å². The Morgan fingerprint density at radius 3 is 2.70 bits per heavy atom. The molecule has 0 spiro atoms. The Kier molecular flexibility index (Phi) is 6.25. The molecule has 11 heteroatoms. The number of carbonyl (C=O) groups excluding carboxylic acids is 2. The van der Waals surface area contributed by atoms with Crippen LogP contribution < -0.4 is 5.32 Å². The summed E-state index contributed by atoms with van der Waals surface area (Å²) in [7, 11) is 1.24. The SMILES string of the molecule is COC(=O)c1cc(Cl)nc2c(N[C@@H]3CN(C(=O)OC(C)(C)C)CC[C@H]3F)ncnc12. The van der Waals surface area contributed by atoms with Gasteiger partial charge in [0.2, 0.25) is 0 Å². The number of fused-ring (bicyclic) bond motifs is 1. The molecular weight excluding hydrogens is 417 g/mol. The molecule has 1 amide bonds. The van der Waals surface area contributed by atoms with Crippen molar-refractivity contribution in [3.63, 3.8) is 0 Å². The molecule has 2 aromatic rings. The van der Waals surface area contributed by atoms with Gasteiger partial charge >= 0.3 is 12.1 Å². The number of esters is 1. The van der Waals surface area contributed by atoms with E-state index >= 15 is 0 Å². The predicted molar refractivity (Wildman–Crippen MR) is 108 cm³/mol. The van der Waals surface area contributed by atoms with Gasteiger partial charge in [-0.25, -0.2) is 28.9 Å². The van der Waals surface area contributed by atoms with E-state index in [0.717, 1.165) is 0 Å². The summed E-state index contributed by atoms with van der Waals surface area (Å²) in [5.74, 6) is -0.433. The molecule has 30 heavy (non-hydrogen) atoms. The molecule has 1 saturated heterocycles. The number of nitrogens with zero attached hydrogens (tertiary/aromatic N) is 4. The summed E-state index contributed by atoms with van der Waals surface area (Å²) in [4.78, 5) is 38.3. The van der Waals surface area contributed by atoms with Crippen molar-refractivity contribution in [2.75, 3.05) is 25.5 Å². The minimum Gasteiger partial charge on any atom is -0.465 e. The zero-order valence-corrected chi connectivity index (χ0v) is 17.9. The predicted octanol–water partition coefficient (Wildman–Crippen LogP) is 3.22. The van der Waals surface area contributed by atoms with Crippen LogP contribution in [0.1, 0.15) is 37.6 Å². The number of hydrogen-bond donors (Lipinski definition) is 1. The molecule has 162 valence electrons. The molecule has 9 nitrogen and oxygen atoms in total. The van der Waals surface area contributed by atoms with E-state index in [1.54, 1.807) is 20.8 Å². The van der Waals surface area contributed by atoms with Crippen LogP contribution in [0.3, 0.4) is 0 Å². The Morgan fingerprint density at radius 1 is 1.30 bits per heavy atom. The van der Waals surface area contributed by atoms with Gasteiger partial charge in [0.25, 0.3) is 0 Å². The van der Waals surface area contributed by atoms with Crippen molar-refractivity contribution in [2.24, 2.45) is 0 Å². The maximum Gasteiger partial charge on any atom is 0.410 e. The number of likely N-dealkylation sites (tertiary alicyclic amines) is 1. The molecule has 3 heterocycles. The van der Waals surface area contributed by atoms with Gasteiger partial charge in [-0.2, -0.15) is 0 Å². The summed E-state index contributed by atoms with van der Waals surface area (Å²) < 4.78 is 24.8. The van der Waals surface area contributed by atoms with E-state index in [1.165, 1.54) is 24.4 Å². The molecule has 2 atom stereocenters. The molecule has 0 aliphatic carbocycles. The summed E-state index contributed by atoms with van der Waals surface area (Å²) in [6.45, 7) is 5.62. The van der Waals surface area contributed by atoms with Crippen molar-refractivity contribution in [3.8, 4) is 0 Å². The lowest BCUT2D eigenvalue weighted by molar-refractivity contribution is 0.0150. The minimum atomic E-state index is -1.23. The van der Waals surface area contributed by atoms with E-state index in [4.69, 9.17) is 21.1 Å². The first-order valence-electron chi connectivity index (χ1n) is 9.37. The second kappa shape index (κ2) is 8.55. The van der Waals surface area contributed by atoms with Crippen molar-refractivity contribution in [1.82, 2.24) is 19.9 Å². The van der Waals surface area contributed by atoms with Crippen molar-refractivity contribution in [2.45, 2.75) is 45.0 Å². The topological polar surface area (TPSA) is 107 Å². The Morgan fingerprint density at radius 2 is 2.03 bits per heavy atom. The molecule has 0 bridgehead atoms. The van der Waals surface area contributed by atoms with Crippen molar-refractivity contribution >= 4 is 40.5 Å². The summed E-state index contributed by atoms with van der Waals surface area (Å²) in [6, 6.07) is 0.585. The van der Waals surface area contributed by atoms with Gasteiger partial charge in [0.1, 0.15) is 34.3 Å². The summed E-state index contributed by atoms with van der Waals surface area (Å²) in [5.41, 5.74) is -0.111. The van der Waals surface area contributed by atoms with Crippen LogP contribution in [0.4, 0.5) is 15.0 Å². The minimum absolute atomic E-state index is 0.0385. The Hall–Kier alpha value is -2.75. The maximum absolute atomic E-state index is 14.6. The molecular formula is C19H23ClFN5O4. The molecule has 1 aliphatic heterocycles. The number of ether oxygens (including phenoxy) is 2. The quantitative estimate of drug-likeness (QED) is 0.573. The molecule has 1 aliphatic rings.